The molecule has 22 aromatic rings. The number of aryl methyl sites for hydroxylation is 1. The molecule has 120 heavy (non-hydrogen) atoms. The van der Waals surface area contributed by atoms with Crippen molar-refractivity contribution < 1.29 is 0 Å². The number of fused-ring (bicyclic) bond motifs is 16. The van der Waals surface area contributed by atoms with Crippen molar-refractivity contribution in [2.24, 2.45) is 7.05 Å². The first-order valence-electron chi connectivity index (χ1n) is 41.7. The Morgan fingerprint density at radius 2 is 0.658 bits per heavy atom. The van der Waals surface area contributed by atoms with E-state index in [2.05, 4.69) is 406 Å². The van der Waals surface area contributed by atoms with Crippen molar-refractivity contribution in [2.45, 2.75) is 57.8 Å². The summed E-state index contributed by atoms with van der Waals surface area (Å²) in [6, 6.07) is 130. The summed E-state index contributed by atoms with van der Waals surface area (Å²) in [5.41, 5.74) is 39.6. The summed E-state index contributed by atoms with van der Waals surface area (Å²) in [4.78, 5) is 14.3. The van der Waals surface area contributed by atoms with Crippen molar-refractivity contribution in [3.63, 3.8) is 0 Å². The van der Waals surface area contributed by atoms with Gasteiger partial charge in [-0.25, -0.2) is 15.0 Å². The summed E-state index contributed by atoms with van der Waals surface area (Å²) in [6.45, 7) is 14.3. The monoisotopic (exact) mass is 1540 g/mol. The summed E-state index contributed by atoms with van der Waals surface area (Å²) < 4.78 is 6.44. The third-order valence-electron chi connectivity index (χ3n) is 26.8. The van der Waals surface area contributed by atoms with E-state index >= 15 is 0 Å². The van der Waals surface area contributed by atoms with E-state index in [1.54, 1.807) is 0 Å². The van der Waals surface area contributed by atoms with E-state index < -0.39 is 0 Å². The maximum atomic E-state index is 6.55. The van der Waals surface area contributed by atoms with E-state index in [4.69, 9.17) is 10.7 Å². The molecule has 7 nitrogen and oxygen atoms in total. The zero-order chi connectivity index (χ0) is 80.6. The molecule has 25 rings (SSSR count). The lowest BCUT2D eigenvalue weighted by Crippen LogP contribution is -2.24. The molecule has 0 aliphatic heterocycles. The zero-order valence-electron chi connectivity index (χ0n) is 67.9. The SMILES string of the molecule is CC1(C)c2ccccc2-c2cccc3c(-c4ccc(-n5c(N)nc6ccccc65)c5ccccc45)c4ccccc4c1c23.CC1(C)c2ccccc2-c2cccc3c(-c4ccc(-n5cnc6ccccc65)cc4)c4ccccc4c1c23.Cn1c(-c2cccc(-c3c4ccccc4c4c5c(cccc35)-c3ccccc3C4(C)C)c2)nc2ccccc21. The lowest BCUT2D eigenvalue weighted by atomic mass is 9.66. The van der Waals surface area contributed by atoms with E-state index in [0.717, 1.165) is 61.2 Å². The average Bonchev–Trinajstić information content (AvgIpc) is 0.766. The summed E-state index contributed by atoms with van der Waals surface area (Å²) in [5.74, 6) is 1.48. The molecule has 0 saturated carbocycles. The average molecular weight is 1540 g/mol. The van der Waals surface area contributed by atoms with E-state index in [0.29, 0.717) is 5.95 Å². The van der Waals surface area contributed by atoms with Gasteiger partial charge in [0.15, 0.2) is 0 Å². The first-order chi connectivity index (χ1) is 58.7. The van der Waals surface area contributed by atoms with E-state index in [9.17, 15) is 0 Å². The van der Waals surface area contributed by atoms with Gasteiger partial charge in [0.25, 0.3) is 0 Å². The molecule has 3 heterocycles. The van der Waals surface area contributed by atoms with Gasteiger partial charge in [-0.15, -0.1) is 0 Å². The predicted octanol–water partition coefficient (Wildman–Crippen LogP) is 28.9. The van der Waals surface area contributed by atoms with Gasteiger partial charge in [-0.2, -0.15) is 0 Å². The molecule has 19 aromatic carbocycles. The van der Waals surface area contributed by atoms with Crippen LogP contribution in [0.5, 0.6) is 0 Å². The van der Waals surface area contributed by atoms with Crippen LogP contribution < -0.4 is 5.73 Å². The second-order valence-corrected chi connectivity index (χ2v) is 34.3. The van der Waals surface area contributed by atoms with Crippen LogP contribution in [0.2, 0.25) is 0 Å². The number of anilines is 1. The molecule has 0 spiro atoms. The van der Waals surface area contributed by atoms with Crippen molar-refractivity contribution in [3.8, 4) is 89.5 Å². The quantitative estimate of drug-likeness (QED) is 0.168. The molecule has 0 radical (unpaired) electrons. The second kappa shape index (κ2) is 26.6. The van der Waals surface area contributed by atoms with Gasteiger partial charge in [-0.1, -0.05) is 339 Å². The minimum Gasteiger partial charge on any atom is -0.369 e. The highest BCUT2D eigenvalue weighted by molar-refractivity contribution is 6.25. The molecule has 0 bridgehead atoms. The van der Waals surface area contributed by atoms with Crippen LogP contribution in [0.15, 0.2) is 364 Å². The molecule has 0 saturated heterocycles. The summed E-state index contributed by atoms with van der Waals surface area (Å²) in [6.07, 6.45) is 1.91. The van der Waals surface area contributed by atoms with Crippen molar-refractivity contribution in [2.75, 3.05) is 5.73 Å². The number of nitrogen functional groups attached to an aromatic ring is 1. The number of rotatable bonds is 6. The van der Waals surface area contributed by atoms with Crippen LogP contribution in [0.3, 0.4) is 0 Å². The number of nitrogens with zero attached hydrogens (tertiary/aromatic N) is 6. The van der Waals surface area contributed by atoms with Crippen molar-refractivity contribution in [1.82, 2.24) is 28.7 Å². The smallest absolute Gasteiger partial charge is 0.205 e. The van der Waals surface area contributed by atoms with Gasteiger partial charge >= 0.3 is 0 Å². The summed E-state index contributed by atoms with van der Waals surface area (Å²) in [7, 11) is 2.11. The normalized spacial score (nSPS) is 13.7. The highest BCUT2D eigenvalue weighted by Gasteiger charge is 2.40. The number of hydrogen-bond acceptors (Lipinski definition) is 4. The van der Waals surface area contributed by atoms with Gasteiger partial charge < -0.3 is 10.3 Å². The molecule has 3 aromatic heterocycles. The molecular weight excluding hydrogens is 1460 g/mol. The van der Waals surface area contributed by atoms with Gasteiger partial charge in [0.05, 0.1) is 38.8 Å². The Kier molecular flexibility index (Phi) is 15.7. The van der Waals surface area contributed by atoms with Crippen molar-refractivity contribution in [3.05, 3.63) is 398 Å². The Hall–Kier alpha value is -14.8. The molecule has 0 atom stereocenters. The number of aromatic nitrogens is 6. The highest BCUT2D eigenvalue weighted by atomic mass is 15.2. The number of para-hydroxylation sites is 6. The van der Waals surface area contributed by atoms with Gasteiger partial charge in [0.2, 0.25) is 5.95 Å². The van der Waals surface area contributed by atoms with Crippen LogP contribution in [0.1, 0.15) is 74.9 Å². The summed E-state index contributed by atoms with van der Waals surface area (Å²) >= 11 is 0. The molecule has 0 fully saturated rings. The Labute approximate surface area is 696 Å². The van der Waals surface area contributed by atoms with Gasteiger partial charge in [-0.05, 0) is 231 Å². The van der Waals surface area contributed by atoms with E-state index in [-0.39, 0.29) is 16.2 Å². The van der Waals surface area contributed by atoms with Gasteiger partial charge in [-0.3, -0.25) is 9.13 Å². The van der Waals surface area contributed by atoms with Crippen LogP contribution in [0.25, 0.3) is 198 Å². The molecular formula is C113H83N7. The van der Waals surface area contributed by atoms with Crippen LogP contribution >= 0.6 is 0 Å². The Bertz CT molecular complexity index is 8100. The van der Waals surface area contributed by atoms with E-state index in [1.807, 2.05) is 30.6 Å². The third-order valence-corrected chi connectivity index (χ3v) is 26.8. The molecule has 3 aliphatic rings. The Balaban J connectivity index is 0.000000105. The Morgan fingerprint density at radius 3 is 1.18 bits per heavy atom. The Morgan fingerprint density at radius 1 is 0.275 bits per heavy atom. The summed E-state index contributed by atoms with van der Waals surface area (Å²) in [5, 5.41) is 18.2. The van der Waals surface area contributed by atoms with Crippen molar-refractivity contribution in [1.29, 1.82) is 0 Å². The van der Waals surface area contributed by atoms with Crippen LogP contribution in [0, 0.1) is 0 Å². The second-order valence-electron chi connectivity index (χ2n) is 34.3. The fraction of sp³-hybridized carbons (Fsp3) is 0.0885. The van der Waals surface area contributed by atoms with Crippen LogP contribution in [-0.4, -0.2) is 28.7 Å². The predicted molar refractivity (Wildman–Crippen MR) is 504 cm³/mol. The molecule has 570 valence electrons. The molecule has 2 N–H and O–H groups in total. The highest BCUT2D eigenvalue weighted by Crippen LogP contribution is 2.58. The van der Waals surface area contributed by atoms with Crippen LogP contribution in [0.4, 0.5) is 5.95 Å². The minimum absolute atomic E-state index is 0.104. The van der Waals surface area contributed by atoms with Gasteiger partial charge in [0, 0.05) is 39.9 Å². The number of hydrogen-bond donors (Lipinski definition) is 1. The lowest BCUT2D eigenvalue weighted by molar-refractivity contribution is 0.651. The van der Waals surface area contributed by atoms with E-state index in [1.165, 1.54) is 170 Å². The van der Waals surface area contributed by atoms with Crippen molar-refractivity contribution >= 4 is 114 Å². The topological polar surface area (TPSA) is 79.5 Å². The third kappa shape index (κ3) is 10.3. The lowest BCUT2D eigenvalue weighted by Gasteiger charge is -2.37. The molecule has 0 amide bonds. The zero-order valence-corrected chi connectivity index (χ0v) is 67.9. The standard InChI is InChI=1S/C40H29N3.C37H28N2.C36H26N2/c1-40(2)32-19-8-7-13-25(32)27-17-11-18-31-36(28-15-5-6-16-30(28)38(40)37(27)31)29-22-23-34(26-14-4-3-12-24(26)29)43-35-21-10-9-20-33(35)42-39(43)41;1-37(2)30-19-7-6-14-25(30)26-17-11-18-29-33(27-15-4-5-16-28(27)35(37)34(26)29)23-12-10-13-24(22-23)36-38-31-20-8-9-21-32(31)39(36)3;1-36(2)30-15-6-5-10-25(30)26-13-9-14-29-33(27-11-3-4-12-28(27)35(36)34(26)29)23-18-20-24(21-19-23)38-22-37-31-16-7-8-17-32(31)38/h3-23H,1-2H3,(H2,41,42);4-22H,1-3H3;3-22H,1-2H3. The van der Waals surface area contributed by atoms with Crippen LogP contribution in [-0.2, 0) is 23.3 Å². The number of imidazole rings is 3. The van der Waals surface area contributed by atoms with Gasteiger partial charge in [0.1, 0.15) is 12.2 Å². The first kappa shape index (κ1) is 70.6. The fourth-order valence-electron chi connectivity index (χ4n) is 21.6. The largest absolute Gasteiger partial charge is 0.369 e. The fourth-order valence-corrected chi connectivity index (χ4v) is 21.6. The minimum atomic E-state index is -0.146. The first-order valence-corrected chi connectivity index (χ1v) is 41.7. The molecule has 0 unspecified atom stereocenters. The maximum Gasteiger partial charge on any atom is 0.205 e. The maximum absolute atomic E-state index is 6.55. The molecule has 7 heteroatoms. The number of benzene rings is 19. The molecule has 3 aliphatic carbocycles. The number of nitrogens with two attached hydrogens (primary N) is 1.